The molecular formula is C32H67N3O3. The zero-order valence-corrected chi connectivity index (χ0v) is 27.8. The van der Waals surface area contributed by atoms with Gasteiger partial charge in [-0.3, -0.25) is 0 Å². The van der Waals surface area contributed by atoms with E-state index in [0.717, 1.165) is 32.1 Å². The highest BCUT2D eigenvalue weighted by Crippen LogP contribution is 2.49. The van der Waals surface area contributed by atoms with Crippen molar-refractivity contribution in [2.45, 2.75) is 162 Å². The van der Waals surface area contributed by atoms with Crippen molar-refractivity contribution in [3.8, 4) is 0 Å². The van der Waals surface area contributed by atoms with Crippen LogP contribution in [0.4, 0.5) is 0 Å². The van der Waals surface area contributed by atoms with Gasteiger partial charge in [0.05, 0.1) is 36.6 Å². The van der Waals surface area contributed by atoms with E-state index in [-0.39, 0.29) is 50.7 Å². The molecule has 0 aromatic rings. The van der Waals surface area contributed by atoms with Gasteiger partial charge in [-0.05, 0) is 119 Å². The lowest BCUT2D eigenvalue weighted by atomic mass is 9.65. The number of nitrogens with two attached hydrogens (primary N) is 3. The third-order valence-corrected chi connectivity index (χ3v) is 9.27. The Bertz CT molecular complexity index is 693. The summed E-state index contributed by atoms with van der Waals surface area (Å²) in [6, 6.07) is 0. The van der Waals surface area contributed by atoms with E-state index in [9.17, 15) is 0 Å². The van der Waals surface area contributed by atoms with Crippen molar-refractivity contribution in [2.24, 2.45) is 40.4 Å². The zero-order valence-electron chi connectivity index (χ0n) is 27.8. The van der Waals surface area contributed by atoms with Gasteiger partial charge in [0.1, 0.15) is 0 Å². The number of hydrogen-bond donors (Lipinski definition) is 3. The third-order valence-electron chi connectivity index (χ3n) is 9.27. The van der Waals surface area contributed by atoms with Crippen LogP contribution in [0.15, 0.2) is 0 Å². The summed E-state index contributed by atoms with van der Waals surface area (Å²) in [4.78, 5) is 0. The number of ether oxygens (including phenoxy) is 3. The molecular weight excluding hydrogens is 474 g/mol. The lowest BCUT2D eigenvalue weighted by molar-refractivity contribution is -0.129. The van der Waals surface area contributed by atoms with Crippen molar-refractivity contribution in [2.75, 3.05) is 19.8 Å². The summed E-state index contributed by atoms with van der Waals surface area (Å²) < 4.78 is 19.7. The summed E-state index contributed by atoms with van der Waals surface area (Å²) in [6.07, 6.45) is 4.77. The summed E-state index contributed by atoms with van der Waals surface area (Å²) >= 11 is 0. The number of rotatable bonds is 18. The molecule has 0 aromatic heterocycles. The molecule has 0 amide bonds. The second-order valence-corrected chi connectivity index (χ2v) is 16.4. The fourth-order valence-electron chi connectivity index (χ4n) is 5.60. The normalized spacial score (nSPS) is 24.7. The van der Waals surface area contributed by atoms with Crippen LogP contribution in [0, 0.1) is 23.2 Å². The predicted octanol–water partition coefficient (Wildman–Crippen LogP) is 6.42. The first-order valence-corrected chi connectivity index (χ1v) is 15.0. The maximum Gasteiger partial charge on any atom is 0.0632 e. The van der Waals surface area contributed by atoms with Gasteiger partial charge in [-0.1, -0.05) is 27.2 Å². The first-order chi connectivity index (χ1) is 16.7. The van der Waals surface area contributed by atoms with Crippen molar-refractivity contribution in [1.29, 1.82) is 0 Å². The molecule has 4 unspecified atom stereocenters. The molecule has 0 aromatic carbocycles. The highest BCUT2D eigenvalue weighted by atomic mass is 16.5. The second kappa shape index (κ2) is 12.3. The number of hydrogen-bond acceptors (Lipinski definition) is 6. The minimum absolute atomic E-state index is 0.0466. The fraction of sp³-hybridized carbons (Fsp3) is 1.00. The Balaban J connectivity index is 3.14. The van der Waals surface area contributed by atoms with Crippen LogP contribution < -0.4 is 17.2 Å². The van der Waals surface area contributed by atoms with E-state index in [1.54, 1.807) is 0 Å². The molecule has 1 fully saturated rings. The minimum atomic E-state index is -0.319. The summed E-state index contributed by atoms with van der Waals surface area (Å²) in [5.74, 6) is 0.949. The van der Waals surface area contributed by atoms with Crippen molar-refractivity contribution in [3.63, 3.8) is 0 Å². The van der Waals surface area contributed by atoms with Crippen LogP contribution in [-0.2, 0) is 14.2 Å². The molecule has 1 aliphatic carbocycles. The molecule has 0 spiro atoms. The molecule has 0 aliphatic heterocycles. The van der Waals surface area contributed by atoms with E-state index < -0.39 is 0 Å². The Morgan fingerprint density at radius 1 is 0.711 bits per heavy atom. The van der Waals surface area contributed by atoms with Crippen LogP contribution in [0.2, 0.25) is 0 Å². The molecule has 1 saturated carbocycles. The van der Waals surface area contributed by atoms with E-state index >= 15 is 0 Å². The highest BCUT2D eigenvalue weighted by Gasteiger charge is 2.49. The van der Waals surface area contributed by atoms with Gasteiger partial charge < -0.3 is 31.4 Å². The topological polar surface area (TPSA) is 106 Å². The smallest absolute Gasteiger partial charge is 0.0632 e. The summed E-state index contributed by atoms with van der Waals surface area (Å²) in [6.45, 7) is 32.4. The van der Waals surface area contributed by atoms with Gasteiger partial charge in [-0.2, -0.15) is 0 Å². The quantitative estimate of drug-likeness (QED) is 0.185. The van der Waals surface area contributed by atoms with Gasteiger partial charge in [0.25, 0.3) is 0 Å². The molecule has 1 aliphatic rings. The summed E-state index contributed by atoms with van der Waals surface area (Å²) in [5.41, 5.74) is 17.4. The average molecular weight is 542 g/mol. The Morgan fingerprint density at radius 2 is 1.03 bits per heavy atom. The van der Waals surface area contributed by atoms with Gasteiger partial charge in [0, 0.05) is 22.5 Å². The van der Waals surface area contributed by atoms with Crippen LogP contribution in [0.1, 0.15) is 129 Å². The zero-order chi connectivity index (χ0) is 30.0. The minimum Gasteiger partial charge on any atom is -0.375 e. The van der Waals surface area contributed by atoms with Crippen LogP contribution >= 0.6 is 0 Å². The maximum atomic E-state index is 6.59. The monoisotopic (exact) mass is 542 g/mol. The lowest BCUT2D eigenvalue weighted by Gasteiger charge is -2.48. The van der Waals surface area contributed by atoms with Crippen LogP contribution in [0.3, 0.4) is 0 Å². The van der Waals surface area contributed by atoms with Gasteiger partial charge in [-0.15, -0.1) is 0 Å². The largest absolute Gasteiger partial charge is 0.375 e. The predicted molar refractivity (Wildman–Crippen MR) is 162 cm³/mol. The Labute approximate surface area is 236 Å². The third kappa shape index (κ3) is 12.1. The van der Waals surface area contributed by atoms with E-state index in [1.165, 1.54) is 0 Å². The van der Waals surface area contributed by atoms with Crippen molar-refractivity contribution in [1.82, 2.24) is 0 Å². The lowest BCUT2D eigenvalue weighted by Crippen LogP contribution is -2.47. The molecule has 1 rings (SSSR count). The van der Waals surface area contributed by atoms with E-state index in [0.29, 0.717) is 25.7 Å². The molecule has 6 heteroatoms. The standard InChI is InChI=1S/C32H67N3O3/c1-15-32(20-26(4,5)36-17-23(2)29(10,11)33,21-27(6,7)37-18-24(3)30(12,13)34)22-28(8,9)38-19-25-16-31(25,14)35/h23-25H,15-22,33-35H2,1-14H3. The van der Waals surface area contributed by atoms with Crippen molar-refractivity contribution < 1.29 is 14.2 Å². The van der Waals surface area contributed by atoms with E-state index in [4.69, 9.17) is 31.4 Å². The SMILES string of the molecule is CCC(CC(C)(C)OCC(C)C(C)(C)N)(CC(C)(C)OCC(C)C(C)(C)N)CC(C)(C)OCC1CC1(C)N. The molecule has 0 bridgehead atoms. The van der Waals surface area contributed by atoms with Crippen molar-refractivity contribution in [3.05, 3.63) is 0 Å². The van der Waals surface area contributed by atoms with E-state index in [1.807, 2.05) is 0 Å². The molecule has 0 heterocycles. The first kappa shape index (κ1) is 35.8. The molecule has 4 atom stereocenters. The van der Waals surface area contributed by atoms with Crippen molar-refractivity contribution >= 4 is 0 Å². The molecule has 6 nitrogen and oxygen atoms in total. The highest BCUT2D eigenvalue weighted by molar-refractivity contribution is 5.04. The first-order valence-electron chi connectivity index (χ1n) is 15.0. The van der Waals surface area contributed by atoms with Crippen LogP contribution in [0.25, 0.3) is 0 Å². The fourth-order valence-corrected chi connectivity index (χ4v) is 5.60. The summed E-state index contributed by atoms with van der Waals surface area (Å²) in [7, 11) is 0. The van der Waals surface area contributed by atoms with E-state index in [2.05, 4.69) is 96.9 Å². The Kier molecular flexibility index (Phi) is 11.6. The van der Waals surface area contributed by atoms with Gasteiger partial charge in [0.2, 0.25) is 0 Å². The van der Waals surface area contributed by atoms with Crippen LogP contribution in [0.5, 0.6) is 0 Å². The molecule has 0 saturated heterocycles. The average Bonchev–Trinajstić information content (AvgIpc) is 3.33. The molecule has 0 radical (unpaired) electrons. The molecule has 228 valence electrons. The van der Waals surface area contributed by atoms with Gasteiger partial charge in [0.15, 0.2) is 0 Å². The van der Waals surface area contributed by atoms with Crippen LogP contribution in [-0.4, -0.2) is 53.2 Å². The second-order valence-electron chi connectivity index (χ2n) is 16.4. The summed E-state index contributed by atoms with van der Waals surface area (Å²) in [5, 5.41) is 0. The Morgan fingerprint density at radius 3 is 1.29 bits per heavy atom. The maximum absolute atomic E-state index is 6.59. The van der Waals surface area contributed by atoms with Gasteiger partial charge >= 0.3 is 0 Å². The Hall–Kier alpha value is -0.240. The molecule has 38 heavy (non-hydrogen) atoms. The molecule has 6 N–H and O–H groups in total. The van der Waals surface area contributed by atoms with Gasteiger partial charge in [-0.25, -0.2) is 0 Å².